The van der Waals surface area contributed by atoms with Gasteiger partial charge in [-0.3, -0.25) is 4.79 Å². The van der Waals surface area contributed by atoms with E-state index < -0.39 is 5.97 Å². The molecule has 142 valence electrons. The molecule has 1 aromatic rings. The van der Waals surface area contributed by atoms with Crippen molar-refractivity contribution in [1.82, 2.24) is 0 Å². The van der Waals surface area contributed by atoms with Crippen LogP contribution in [0.5, 0.6) is 0 Å². The van der Waals surface area contributed by atoms with Crippen molar-refractivity contribution in [3.63, 3.8) is 0 Å². The van der Waals surface area contributed by atoms with E-state index in [0.717, 1.165) is 18.8 Å². The summed E-state index contributed by atoms with van der Waals surface area (Å²) in [5.41, 5.74) is 1.47. The third kappa shape index (κ3) is 13.3. The maximum absolute atomic E-state index is 10.4. The van der Waals surface area contributed by atoms with Gasteiger partial charge in [-0.15, -0.1) is 0 Å². The van der Waals surface area contributed by atoms with E-state index in [-0.39, 0.29) is 0 Å². The van der Waals surface area contributed by atoms with Crippen molar-refractivity contribution in [2.24, 2.45) is 5.92 Å². The Morgan fingerprint density at radius 1 is 0.880 bits per heavy atom. The van der Waals surface area contributed by atoms with Gasteiger partial charge >= 0.3 is 5.97 Å². The molecule has 0 fully saturated rings. The molecule has 0 bridgehead atoms. The second kappa shape index (κ2) is 14.6. The molecule has 0 unspecified atom stereocenters. The van der Waals surface area contributed by atoms with E-state index >= 15 is 0 Å². The summed E-state index contributed by atoms with van der Waals surface area (Å²) in [5, 5.41) is 8.59. The van der Waals surface area contributed by atoms with Crippen molar-refractivity contribution >= 4 is 28.6 Å². The lowest BCUT2D eigenvalue weighted by Gasteiger charge is -2.11. The number of carboxylic acid groups (broad SMARTS) is 1. The third-order valence-electron chi connectivity index (χ3n) is 4.91. The zero-order chi connectivity index (χ0) is 18.3. The quantitative estimate of drug-likeness (QED) is 0.222. The van der Waals surface area contributed by atoms with Crippen LogP contribution in [0.15, 0.2) is 24.3 Å². The number of unbranched alkanes of at least 4 members (excludes halogenated alkanes) is 7. The van der Waals surface area contributed by atoms with Crippen LogP contribution in [0.4, 0.5) is 0 Å². The SMILES string of the molecule is C[C@@H](CCCCCCCC(=O)O)CCCCCCc1ccc(I)cc1. The van der Waals surface area contributed by atoms with Gasteiger partial charge in [0.1, 0.15) is 0 Å². The maximum Gasteiger partial charge on any atom is 0.303 e. The minimum Gasteiger partial charge on any atom is -0.481 e. The second-order valence-corrected chi connectivity index (χ2v) is 8.63. The summed E-state index contributed by atoms with van der Waals surface area (Å²) in [6.45, 7) is 2.38. The van der Waals surface area contributed by atoms with E-state index in [0.29, 0.717) is 6.42 Å². The van der Waals surface area contributed by atoms with Crippen LogP contribution in [0.3, 0.4) is 0 Å². The van der Waals surface area contributed by atoms with Gasteiger partial charge in [-0.25, -0.2) is 0 Å². The van der Waals surface area contributed by atoms with Gasteiger partial charge in [-0.2, -0.15) is 0 Å². The first-order valence-corrected chi connectivity index (χ1v) is 11.1. The average molecular weight is 458 g/mol. The fourth-order valence-electron chi connectivity index (χ4n) is 3.27. The molecule has 0 heterocycles. The van der Waals surface area contributed by atoms with E-state index in [1.807, 2.05) is 0 Å². The van der Waals surface area contributed by atoms with Gasteiger partial charge in [0.05, 0.1) is 0 Å². The minimum absolute atomic E-state index is 0.333. The highest BCUT2D eigenvalue weighted by molar-refractivity contribution is 14.1. The molecule has 0 aliphatic rings. The topological polar surface area (TPSA) is 37.3 Å². The molecule has 0 amide bonds. The smallest absolute Gasteiger partial charge is 0.303 e. The molecule has 3 heteroatoms. The monoisotopic (exact) mass is 458 g/mol. The molecule has 0 aliphatic heterocycles. The molecule has 1 atom stereocenters. The first kappa shape index (κ1) is 22.5. The van der Waals surface area contributed by atoms with Gasteiger partial charge in [0.25, 0.3) is 0 Å². The highest BCUT2D eigenvalue weighted by Gasteiger charge is 2.03. The molecule has 0 saturated heterocycles. The van der Waals surface area contributed by atoms with Crippen LogP contribution >= 0.6 is 22.6 Å². The second-order valence-electron chi connectivity index (χ2n) is 7.38. The zero-order valence-corrected chi connectivity index (χ0v) is 18.0. The Kier molecular flexibility index (Phi) is 13.1. The fourth-order valence-corrected chi connectivity index (χ4v) is 3.63. The van der Waals surface area contributed by atoms with Gasteiger partial charge in [0, 0.05) is 9.99 Å². The van der Waals surface area contributed by atoms with Crippen molar-refractivity contribution in [2.75, 3.05) is 0 Å². The van der Waals surface area contributed by atoms with Crippen LogP contribution < -0.4 is 0 Å². The van der Waals surface area contributed by atoms with E-state index in [4.69, 9.17) is 5.11 Å². The normalized spacial score (nSPS) is 12.2. The van der Waals surface area contributed by atoms with Crippen LogP contribution in [-0.2, 0) is 11.2 Å². The number of halogens is 1. The van der Waals surface area contributed by atoms with E-state index in [1.165, 1.54) is 73.3 Å². The molecule has 0 spiro atoms. The summed E-state index contributed by atoms with van der Waals surface area (Å²) in [5.74, 6) is 0.183. The molecule has 1 N–H and O–H groups in total. The highest BCUT2D eigenvalue weighted by atomic mass is 127. The number of hydrogen-bond donors (Lipinski definition) is 1. The van der Waals surface area contributed by atoms with Crippen molar-refractivity contribution in [3.8, 4) is 0 Å². The zero-order valence-electron chi connectivity index (χ0n) is 15.8. The Morgan fingerprint density at radius 3 is 2.00 bits per heavy atom. The Morgan fingerprint density at radius 2 is 1.40 bits per heavy atom. The number of aliphatic carboxylic acids is 1. The number of aryl methyl sites for hydroxylation is 1. The van der Waals surface area contributed by atoms with Crippen LogP contribution in [0.2, 0.25) is 0 Å². The standard InChI is InChI=1S/C22H35IO2/c1-19(11-7-3-2-4-10-14-22(24)25)12-8-5-6-9-13-20-15-17-21(23)18-16-20/h15-19H,2-14H2,1H3,(H,24,25)/t19-/m0/s1. The number of benzene rings is 1. The Hall–Kier alpha value is -0.580. The number of rotatable bonds is 15. The number of carboxylic acids is 1. The van der Waals surface area contributed by atoms with Crippen molar-refractivity contribution < 1.29 is 9.90 Å². The minimum atomic E-state index is -0.660. The highest BCUT2D eigenvalue weighted by Crippen LogP contribution is 2.18. The predicted octanol–water partition coefficient (Wildman–Crippen LogP) is 7.24. The van der Waals surface area contributed by atoms with Crippen molar-refractivity contribution in [2.45, 2.75) is 90.4 Å². The van der Waals surface area contributed by atoms with E-state index in [9.17, 15) is 4.79 Å². The summed E-state index contributed by atoms with van der Waals surface area (Å²) < 4.78 is 1.32. The number of carbonyl (C=O) groups is 1. The Bertz CT molecular complexity index is 456. The third-order valence-corrected chi connectivity index (χ3v) is 5.63. The maximum atomic E-state index is 10.4. The van der Waals surface area contributed by atoms with Gasteiger partial charge in [-0.05, 0) is 65.5 Å². The van der Waals surface area contributed by atoms with Crippen LogP contribution in [0.25, 0.3) is 0 Å². The molecular weight excluding hydrogens is 423 g/mol. The predicted molar refractivity (Wildman–Crippen MR) is 115 cm³/mol. The van der Waals surface area contributed by atoms with Crippen molar-refractivity contribution in [3.05, 3.63) is 33.4 Å². The first-order chi connectivity index (χ1) is 12.1. The molecule has 0 saturated carbocycles. The fraction of sp³-hybridized carbons (Fsp3) is 0.682. The van der Waals surface area contributed by atoms with Crippen LogP contribution in [0, 0.1) is 9.49 Å². The molecule has 1 aromatic carbocycles. The Labute approximate surface area is 167 Å². The van der Waals surface area contributed by atoms with Gasteiger partial charge < -0.3 is 5.11 Å². The molecule has 1 rings (SSSR count). The van der Waals surface area contributed by atoms with Gasteiger partial charge in [0.2, 0.25) is 0 Å². The average Bonchev–Trinajstić information content (AvgIpc) is 2.58. The molecule has 25 heavy (non-hydrogen) atoms. The van der Waals surface area contributed by atoms with Crippen LogP contribution in [0.1, 0.15) is 89.5 Å². The van der Waals surface area contributed by atoms with E-state index in [2.05, 4.69) is 53.8 Å². The lowest BCUT2D eigenvalue weighted by atomic mass is 9.95. The molecule has 2 nitrogen and oxygen atoms in total. The summed E-state index contributed by atoms with van der Waals surface area (Å²) >= 11 is 2.36. The summed E-state index contributed by atoms with van der Waals surface area (Å²) in [6.07, 6.45) is 15.3. The molecule has 0 aromatic heterocycles. The first-order valence-electron chi connectivity index (χ1n) is 10.0. The summed E-state index contributed by atoms with van der Waals surface area (Å²) in [6, 6.07) is 8.91. The summed E-state index contributed by atoms with van der Waals surface area (Å²) in [4.78, 5) is 10.4. The molecule has 0 aliphatic carbocycles. The largest absolute Gasteiger partial charge is 0.481 e. The molecule has 0 radical (unpaired) electrons. The van der Waals surface area contributed by atoms with Crippen molar-refractivity contribution in [1.29, 1.82) is 0 Å². The summed E-state index contributed by atoms with van der Waals surface area (Å²) in [7, 11) is 0. The van der Waals surface area contributed by atoms with Crippen LogP contribution in [-0.4, -0.2) is 11.1 Å². The lowest BCUT2D eigenvalue weighted by molar-refractivity contribution is -0.137. The Balaban J connectivity index is 1.87. The number of hydrogen-bond acceptors (Lipinski definition) is 1. The van der Waals surface area contributed by atoms with Gasteiger partial charge in [-0.1, -0.05) is 76.8 Å². The molecular formula is C22H35IO2. The van der Waals surface area contributed by atoms with E-state index in [1.54, 1.807) is 0 Å². The van der Waals surface area contributed by atoms with Gasteiger partial charge in [0.15, 0.2) is 0 Å². The lowest BCUT2D eigenvalue weighted by Crippen LogP contribution is -1.96.